The zero-order valence-corrected chi connectivity index (χ0v) is 14.9. The summed E-state index contributed by atoms with van der Waals surface area (Å²) >= 11 is 1.56. The molecule has 1 aliphatic rings. The number of nitrogens with zero attached hydrogens (tertiary/aromatic N) is 3. The van der Waals surface area contributed by atoms with Crippen molar-refractivity contribution in [1.82, 2.24) is 14.8 Å². The third-order valence-corrected chi connectivity index (χ3v) is 5.44. The fraction of sp³-hybridized carbons (Fsp3) is 0.529. The van der Waals surface area contributed by atoms with Crippen molar-refractivity contribution < 1.29 is 9.90 Å². The Morgan fingerprint density at radius 2 is 2.12 bits per heavy atom. The van der Waals surface area contributed by atoms with Crippen LogP contribution in [0.1, 0.15) is 0 Å². The molecule has 2 aromatic rings. The van der Waals surface area contributed by atoms with Gasteiger partial charge in [-0.2, -0.15) is 0 Å². The average Bonchev–Trinajstić information content (AvgIpc) is 3.15. The van der Waals surface area contributed by atoms with E-state index >= 15 is 0 Å². The quantitative estimate of drug-likeness (QED) is 0.824. The van der Waals surface area contributed by atoms with Crippen LogP contribution in [0, 0.1) is 11.8 Å². The minimum atomic E-state index is 0.0639. The molecule has 7 heteroatoms. The number of aromatic nitrogens is 1. The molecule has 1 aliphatic heterocycles. The average molecular weight is 348 g/mol. The first-order valence-corrected chi connectivity index (χ1v) is 9.01. The molecule has 0 saturated carbocycles. The Morgan fingerprint density at radius 3 is 2.83 bits per heavy atom. The molecular weight excluding hydrogens is 324 g/mol. The number of hydrogen-bond acceptors (Lipinski definition) is 6. The molecule has 1 amide bonds. The highest BCUT2D eigenvalue weighted by molar-refractivity contribution is 7.22. The third kappa shape index (κ3) is 3.85. The maximum absolute atomic E-state index is 12.5. The highest BCUT2D eigenvalue weighted by Gasteiger charge is 2.34. The number of anilines is 1. The van der Waals surface area contributed by atoms with Crippen LogP contribution < -0.4 is 5.32 Å². The van der Waals surface area contributed by atoms with Gasteiger partial charge in [0.15, 0.2) is 5.13 Å². The minimum absolute atomic E-state index is 0.0639. The highest BCUT2D eigenvalue weighted by atomic mass is 32.1. The summed E-state index contributed by atoms with van der Waals surface area (Å²) in [6, 6.07) is 7.94. The molecule has 2 heterocycles. The Bertz CT molecular complexity index is 670. The van der Waals surface area contributed by atoms with E-state index in [-0.39, 0.29) is 25.0 Å². The Labute approximate surface area is 146 Å². The molecule has 24 heavy (non-hydrogen) atoms. The van der Waals surface area contributed by atoms with E-state index in [0.717, 1.165) is 21.9 Å². The van der Waals surface area contributed by atoms with Crippen molar-refractivity contribution in [2.24, 2.45) is 11.8 Å². The van der Waals surface area contributed by atoms with Gasteiger partial charge in [0.2, 0.25) is 5.91 Å². The van der Waals surface area contributed by atoms with Gasteiger partial charge in [-0.3, -0.25) is 4.79 Å². The van der Waals surface area contributed by atoms with Crippen LogP contribution in [0.15, 0.2) is 24.3 Å². The van der Waals surface area contributed by atoms with E-state index in [1.165, 1.54) is 0 Å². The van der Waals surface area contributed by atoms with Crippen LogP contribution in [-0.2, 0) is 4.79 Å². The number of likely N-dealkylation sites (tertiary alicyclic amines) is 1. The molecule has 0 spiro atoms. The standard InChI is InChI=1S/C17H24N4O2S/c1-20(2)8-12-9-21(10-13(12)11-22)16(23)7-18-17-19-14-5-3-4-6-15(14)24-17/h3-6,12-13,22H,7-11H2,1-2H3,(H,18,19)/t12-,13-/m1/s1. The van der Waals surface area contributed by atoms with E-state index in [2.05, 4.69) is 15.2 Å². The smallest absolute Gasteiger partial charge is 0.241 e. The van der Waals surface area contributed by atoms with Crippen molar-refractivity contribution >= 4 is 32.6 Å². The maximum Gasteiger partial charge on any atom is 0.241 e. The molecule has 0 unspecified atom stereocenters. The van der Waals surface area contributed by atoms with Crippen LogP contribution in [0.3, 0.4) is 0 Å². The van der Waals surface area contributed by atoms with Crippen LogP contribution >= 0.6 is 11.3 Å². The largest absolute Gasteiger partial charge is 0.396 e. The van der Waals surface area contributed by atoms with Crippen LogP contribution in [0.25, 0.3) is 10.2 Å². The van der Waals surface area contributed by atoms with Crippen molar-refractivity contribution in [3.05, 3.63) is 24.3 Å². The monoisotopic (exact) mass is 348 g/mol. The predicted molar refractivity (Wildman–Crippen MR) is 97.3 cm³/mol. The number of aliphatic hydroxyl groups is 1. The van der Waals surface area contributed by atoms with Gasteiger partial charge in [-0.05, 0) is 32.1 Å². The number of amides is 1. The molecule has 0 aliphatic carbocycles. The number of nitrogens with one attached hydrogen (secondary N) is 1. The lowest BCUT2D eigenvalue weighted by molar-refractivity contribution is -0.128. The Morgan fingerprint density at radius 1 is 1.38 bits per heavy atom. The summed E-state index contributed by atoms with van der Waals surface area (Å²) in [6.45, 7) is 2.61. The lowest BCUT2D eigenvalue weighted by Crippen LogP contribution is -2.34. The van der Waals surface area contributed by atoms with Gasteiger partial charge in [0.05, 0.1) is 16.8 Å². The van der Waals surface area contributed by atoms with E-state index in [1.54, 1.807) is 11.3 Å². The number of benzene rings is 1. The van der Waals surface area contributed by atoms with Gasteiger partial charge in [-0.1, -0.05) is 23.5 Å². The van der Waals surface area contributed by atoms with E-state index in [0.29, 0.717) is 19.0 Å². The van der Waals surface area contributed by atoms with Crippen molar-refractivity contribution in [3.63, 3.8) is 0 Å². The van der Waals surface area contributed by atoms with Gasteiger partial charge in [-0.15, -0.1) is 0 Å². The summed E-state index contributed by atoms with van der Waals surface area (Å²) in [5.74, 6) is 0.559. The normalized spacial score (nSPS) is 20.9. The molecule has 1 saturated heterocycles. The molecule has 130 valence electrons. The molecule has 1 aromatic carbocycles. The number of aliphatic hydroxyl groups excluding tert-OH is 1. The first kappa shape index (κ1) is 17.1. The Kier molecular flexibility index (Phi) is 5.33. The number of rotatable bonds is 6. The predicted octanol–water partition coefficient (Wildman–Crippen LogP) is 1.34. The second kappa shape index (κ2) is 7.46. The van der Waals surface area contributed by atoms with E-state index in [4.69, 9.17) is 0 Å². The van der Waals surface area contributed by atoms with Crippen molar-refractivity contribution in [2.45, 2.75) is 0 Å². The number of hydrogen-bond donors (Lipinski definition) is 2. The molecular formula is C17H24N4O2S. The summed E-state index contributed by atoms with van der Waals surface area (Å²) in [7, 11) is 4.04. The number of fused-ring (bicyclic) bond motifs is 1. The second-order valence-corrected chi connectivity index (χ2v) is 7.63. The molecule has 6 nitrogen and oxygen atoms in total. The number of carbonyl (C=O) groups excluding carboxylic acids is 1. The fourth-order valence-corrected chi connectivity index (χ4v) is 4.10. The Hall–Kier alpha value is -1.70. The van der Waals surface area contributed by atoms with Crippen LogP contribution in [0.5, 0.6) is 0 Å². The van der Waals surface area contributed by atoms with E-state index in [1.807, 2.05) is 43.3 Å². The molecule has 0 bridgehead atoms. The van der Waals surface area contributed by atoms with Crippen LogP contribution in [0.2, 0.25) is 0 Å². The summed E-state index contributed by atoms with van der Waals surface area (Å²) in [4.78, 5) is 20.9. The highest BCUT2D eigenvalue weighted by Crippen LogP contribution is 2.26. The first-order chi connectivity index (χ1) is 11.6. The maximum atomic E-state index is 12.5. The summed E-state index contributed by atoms with van der Waals surface area (Å²) in [5.41, 5.74) is 0.949. The van der Waals surface area contributed by atoms with Crippen molar-refractivity contribution in [2.75, 3.05) is 52.2 Å². The van der Waals surface area contributed by atoms with Gasteiger partial charge in [-0.25, -0.2) is 4.98 Å². The lowest BCUT2D eigenvalue weighted by atomic mass is 9.97. The van der Waals surface area contributed by atoms with E-state index in [9.17, 15) is 9.90 Å². The second-order valence-electron chi connectivity index (χ2n) is 6.60. The van der Waals surface area contributed by atoms with Crippen molar-refractivity contribution in [3.8, 4) is 0 Å². The van der Waals surface area contributed by atoms with Crippen LogP contribution in [-0.4, -0.2) is 72.7 Å². The van der Waals surface area contributed by atoms with E-state index < -0.39 is 0 Å². The molecule has 1 aromatic heterocycles. The third-order valence-electron chi connectivity index (χ3n) is 4.45. The molecule has 2 atom stereocenters. The summed E-state index contributed by atoms with van der Waals surface area (Å²) < 4.78 is 1.11. The summed E-state index contributed by atoms with van der Waals surface area (Å²) in [6.07, 6.45) is 0. The summed E-state index contributed by atoms with van der Waals surface area (Å²) in [5, 5.41) is 13.5. The number of carbonyl (C=O) groups is 1. The first-order valence-electron chi connectivity index (χ1n) is 8.19. The number of thiazole rings is 1. The fourth-order valence-electron chi connectivity index (χ4n) is 3.24. The topological polar surface area (TPSA) is 68.7 Å². The molecule has 1 fully saturated rings. The van der Waals surface area contributed by atoms with Gasteiger partial charge < -0.3 is 20.2 Å². The molecule has 3 rings (SSSR count). The van der Waals surface area contributed by atoms with Gasteiger partial charge in [0.1, 0.15) is 0 Å². The molecule has 2 N–H and O–H groups in total. The van der Waals surface area contributed by atoms with Gasteiger partial charge in [0, 0.05) is 32.2 Å². The zero-order chi connectivity index (χ0) is 17.1. The Balaban J connectivity index is 1.56. The van der Waals surface area contributed by atoms with Crippen LogP contribution in [0.4, 0.5) is 5.13 Å². The minimum Gasteiger partial charge on any atom is -0.396 e. The van der Waals surface area contributed by atoms with Gasteiger partial charge >= 0.3 is 0 Å². The zero-order valence-electron chi connectivity index (χ0n) is 14.1. The lowest BCUT2D eigenvalue weighted by Gasteiger charge is -2.20. The molecule has 0 radical (unpaired) electrons. The van der Waals surface area contributed by atoms with Gasteiger partial charge in [0.25, 0.3) is 0 Å². The SMILES string of the molecule is CN(C)C[C@@H]1CN(C(=O)CNc2nc3ccccc3s2)C[C@@H]1CO. The van der Waals surface area contributed by atoms with Crippen molar-refractivity contribution in [1.29, 1.82) is 0 Å². The number of para-hydroxylation sites is 1.